The molecule has 5 atom stereocenters. The zero-order chi connectivity index (χ0) is 18.1. The van der Waals surface area contributed by atoms with Gasteiger partial charge in [0.2, 0.25) is 0 Å². The summed E-state index contributed by atoms with van der Waals surface area (Å²) in [5, 5.41) is 1.13. The molecule has 3 fully saturated rings. The summed E-state index contributed by atoms with van der Waals surface area (Å²) in [6.07, 6.45) is 6.56. The van der Waals surface area contributed by atoms with Gasteiger partial charge in [0.25, 0.3) is 0 Å². The maximum absolute atomic E-state index is 6.33. The minimum absolute atomic E-state index is 0.0613. The molecule has 0 aliphatic carbocycles. The Morgan fingerprint density at radius 2 is 2.27 bits per heavy atom. The van der Waals surface area contributed by atoms with Gasteiger partial charge in [0.1, 0.15) is 5.75 Å². The van der Waals surface area contributed by atoms with E-state index in [0.717, 1.165) is 35.7 Å². The van der Waals surface area contributed by atoms with Gasteiger partial charge in [-0.05, 0) is 68.0 Å². The van der Waals surface area contributed by atoms with Crippen LogP contribution in [0.4, 0.5) is 0 Å². The summed E-state index contributed by atoms with van der Waals surface area (Å²) in [4.78, 5) is 7.15. The molecular weight excluding hydrogens is 324 g/mol. The van der Waals surface area contributed by atoms with Crippen LogP contribution in [-0.2, 0) is 4.74 Å². The Morgan fingerprint density at radius 1 is 1.38 bits per heavy atom. The lowest BCUT2D eigenvalue weighted by Gasteiger charge is -2.51. The first kappa shape index (κ1) is 17.5. The lowest BCUT2D eigenvalue weighted by atomic mass is 9.73. The first-order valence-corrected chi connectivity index (χ1v) is 9.66. The predicted octanol–water partition coefficient (Wildman–Crippen LogP) is 4.22. The van der Waals surface area contributed by atoms with Crippen molar-refractivity contribution in [1.82, 2.24) is 9.88 Å². The molecule has 4 nitrogen and oxygen atoms in total. The Hall–Kier alpha value is -1.91. The molecule has 4 unspecified atom stereocenters. The molecular formula is C22H28N2O2. The first-order chi connectivity index (χ1) is 12.7. The van der Waals surface area contributed by atoms with Crippen LogP contribution in [0.5, 0.6) is 5.75 Å². The highest BCUT2D eigenvalue weighted by Gasteiger charge is 2.43. The second kappa shape index (κ2) is 7.37. The molecule has 2 bridgehead atoms. The van der Waals surface area contributed by atoms with E-state index in [0.29, 0.717) is 18.6 Å². The van der Waals surface area contributed by atoms with Gasteiger partial charge >= 0.3 is 0 Å². The van der Waals surface area contributed by atoms with Gasteiger partial charge in [-0.1, -0.05) is 6.08 Å². The number of rotatable bonds is 6. The van der Waals surface area contributed by atoms with Crippen molar-refractivity contribution in [2.24, 2.45) is 11.8 Å². The second-order valence-electron chi connectivity index (χ2n) is 7.41. The first-order valence-electron chi connectivity index (χ1n) is 9.66. The quantitative estimate of drug-likeness (QED) is 0.729. The van der Waals surface area contributed by atoms with Crippen molar-refractivity contribution in [3.8, 4) is 5.75 Å². The molecule has 3 saturated heterocycles. The van der Waals surface area contributed by atoms with Crippen LogP contribution in [-0.4, -0.2) is 42.7 Å². The van der Waals surface area contributed by atoms with Crippen LogP contribution in [0.1, 0.15) is 31.4 Å². The number of hydrogen-bond acceptors (Lipinski definition) is 4. The van der Waals surface area contributed by atoms with Gasteiger partial charge in [-0.3, -0.25) is 9.88 Å². The molecule has 5 rings (SSSR count). The molecule has 0 amide bonds. The second-order valence-corrected chi connectivity index (χ2v) is 7.41. The van der Waals surface area contributed by atoms with Crippen LogP contribution in [0.25, 0.3) is 10.9 Å². The van der Waals surface area contributed by atoms with Crippen LogP contribution in [0.15, 0.2) is 43.1 Å². The fraction of sp³-hybridized carbons (Fsp3) is 0.500. The summed E-state index contributed by atoms with van der Waals surface area (Å²) >= 11 is 0. The summed E-state index contributed by atoms with van der Waals surface area (Å²) in [6, 6.07) is 8.63. The molecule has 2 aromatic rings. The van der Waals surface area contributed by atoms with Gasteiger partial charge in [-0.2, -0.15) is 0 Å². The maximum Gasteiger partial charge on any atom is 0.119 e. The zero-order valence-corrected chi connectivity index (χ0v) is 15.7. The van der Waals surface area contributed by atoms with Gasteiger partial charge in [-0.25, -0.2) is 0 Å². The molecule has 3 aliphatic heterocycles. The Kier molecular flexibility index (Phi) is 4.96. The van der Waals surface area contributed by atoms with E-state index in [-0.39, 0.29) is 6.10 Å². The van der Waals surface area contributed by atoms with Crippen molar-refractivity contribution in [2.45, 2.75) is 31.9 Å². The molecule has 4 heterocycles. The lowest BCUT2D eigenvalue weighted by molar-refractivity contribution is -0.0719. The third kappa shape index (κ3) is 3.01. The van der Waals surface area contributed by atoms with E-state index in [4.69, 9.17) is 9.47 Å². The van der Waals surface area contributed by atoms with Crippen molar-refractivity contribution in [3.63, 3.8) is 0 Å². The van der Waals surface area contributed by atoms with Crippen molar-refractivity contribution in [3.05, 3.63) is 48.7 Å². The van der Waals surface area contributed by atoms with Crippen molar-refractivity contribution in [1.29, 1.82) is 0 Å². The standard InChI is InChI=1S/C22H28N2O2/c1-4-15-14-24-11-9-16(15)12-21(24)22(26-5-2)18-8-10-23-20-7-6-17(25-3)13-19(18)20/h4,6-8,10,13,15-16,21-22H,1,5,9,11-12,14H2,2-3H3/t15?,16?,21?,22-/m1/s1. The smallest absolute Gasteiger partial charge is 0.119 e. The predicted molar refractivity (Wildman–Crippen MR) is 104 cm³/mol. The average Bonchev–Trinajstić information content (AvgIpc) is 2.71. The molecule has 1 aromatic heterocycles. The lowest BCUT2D eigenvalue weighted by Crippen LogP contribution is -2.55. The Bertz CT molecular complexity index is 791. The molecule has 0 saturated carbocycles. The molecule has 26 heavy (non-hydrogen) atoms. The normalized spacial score (nSPS) is 28.8. The van der Waals surface area contributed by atoms with Gasteiger partial charge < -0.3 is 9.47 Å². The summed E-state index contributed by atoms with van der Waals surface area (Å²) < 4.78 is 11.8. The minimum atomic E-state index is 0.0613. The summed E-state index contributed by atoms with van der Waals surface area (Å²) in [5.41, 5.74) is 2.22. The number of aromatic nitrogens is 1. The molecule has 138 valence electrons. The van der Waals surface area contributed by atoms with Gasteiger partial charge in [-0.15, -0.1) is 6.58 Å². The molecule has 0 spiro atoms. The van der Waals surface area contributed by atoms with E-state index in [1.54, 1.807) is 7.11 Å². The van der Waals surface area contributed by atoms with Gasteiger partial charge in [0.15, 0.2) is 0 Å². The Balaban J connectivity index is 1.74. The number of piperidine rings is 3. The summed E-state index contributed by atoms with van der Waals surface area (Å²) in [7, 11) is 1.71. The molecule has 0 radical (unpaired) electrons. The Labute approximate surface area is 155 Å². The number of nitrogens with zero attached hydrogens (tertiary/aromatic N) is 2. The maximum atomic E-state index is 6.33. The average molecular weight is 352 g/mol. The van der Waals surface area contributed by atoms with E-state index in [9.17, 15) is 0 Å². The number of hydrogen-bond donors (Lipinski definition) is 0. The van der Waals surface area contributed by atoms with Crippen LogP contribution < -0.4 is 4.74 Å². The number of fused-ring (bicyclic) bond motifs is 4. The summed E-state index contributed by atoms with van der Waals surface area (Å²) in [6.45, 7) is 9.11. The van der Waals surface area contributed by atoms with Crippen molar-refractivity contribution < 1.29 is 9.47 Å². The van der Waals surface area contributed by atoms with Crippen molar-refractivity contribution in [2.75, 3.05) is 26.8 Å². The molecule has 1 aromatic carbocycles. The van der Waals surface area contributed by atoms with E-state index in [1.807, 2.05) is 18.3 Å². The minimum Gasteiger partial charge on any atom is -0.497 e. The van der Waals surface area contributed by atoms with E-state index in [1.165, 1.54) is 18.4 Å². The topological polar surface area (TPSA) is 34.6 Å². The highest BCUT2D eigenvalue weighted by molar-refractivity contribution is 5.84. The largest absolute Gasteiger partial charge is 0.497 e. The van der Waals surface area contributed by atoms with Crippen LogP contribution >= 0.6 is 0 Å². The SMILES string of the molecule is C=CC1CN2CCC1CC2[C@H](OCC)c1ccnc2ccc(OC)cc12. The number of methoxy groups -OCH3 is 1. The van der Waals surface area contributed by atoms with E-state index >= 15 is 0 Å². The van der Waals surface area contributed by atoms with Gasteiger partial charge in [0, 0.05) is 30.8 Å². The van der Waals surface area contributed by atoms with Crippen LogP contribution in [0.3, 0.4) is 0 Å². The number of pyridine rings is 1. The zero-order valence-electron chi connectivity index (χ0n) is 15.7. The number of benzene rings is 1. The third-order valence-corrected chi connectivity index (χ3v) is 6.14. The monoisotopic (exact) mass is 352 g/mol. The number of ether oxygens (including phenoxy) is 2. The highest BCUT2D eigenvalue weighted by Crippen LogP contribution is 2.43. The third-order valence-electron chi connectivity index (χ3n) is 6.14. The fourth-order valence-electron chi connectivity index (χ4n) is 4.80. The molecule has 4 heteroatoms. The van der Waals surface area contributed by atoms with E-state index in [2.05, 4.69) is 41.6 Å². The fourth-order valence-corrected chi connectivity index (χ4v) is 4.80. The van der Waals surface area contributed by atoms with Crippen LogP contribution in [0, 0.1) is 11.8 Å². The molecule has 3 aliphatic rings. The Morgan fingerprint density at radius 3 is 2.96 bits per heavy atom. The van der Waals surface area contributed by atoms with Crippen LogP contribution in [0.2, 0.25) is 0 Å². The van der Waals surface area contributed by atoms with E-state index < -0.39 is 0 Å². The van der Waals surface area contributed by atoms with Crippen molar-refractivity contribution >= 4 is 10.9 Å². The van der Waals surface area contributed by atoms with Gasteiger partial charge in [0.05, 0.1) is 18.7 Å². The summed E-state index contributed by atoms with van der Waals surface area (Å²) in [5.74, 6) is 2.21. The highest BCUT2D eigenvalue weighted by atomic mass is 16.5. The molecule has 0 N–H and O–H groups in total.